The van der Waals surface area contributed by atoms with Crippen molar-refractivity contribution in [3.05, 3.63) is 0 Å². The summed E-state index contributed by atoms with van der Waals surface area (Å²) in [5.74, 6) is 1.01. The van der Waals surface area contributed by atoms with Gasteiger partial charge in [-0.05, 0) is 27.8 Å². The predicted octanol–water partition coefficient (Wildman–Crippen LogP) is 0.964. The van der Waals surface area contributed by atoms with Crippen molar-refractivity contribution in [1.82, 2.24) is 10.2 Å². The van der Waals surface area contributed by atoms with Crippen molar-refractivity contribution in [2.45, 2.75) is 26.8 Å². The third-order valence-electron chi connectivity index (χ3n) is 2.06. The molecular formula is C9H21N3. The fraction of sp³-hybridized carbons (Fsp3) is 0.889. The van der Waals surface area contributed by atoms with Crippen LogP contribution < -0.4 is 5.32 Å². The fourth-order valence-electron chi connectivity index (χ4n) is 0.750. The topological polar surface area (TPSA) is 27.6 Å². The van der Waals surface area contributed by atoms with Crippen LogP contribution in [0.15, 0.2) is 4.99 Å². The Kier molecular flexibility index (Phi) is 5.72. The van der Waals surface area contributed by atoms with Gasteiger partial charge in [-0.1, -0.05) is 0 Å². The molecule has 0 aliphatic carbocycles. The number of nitrogens with zero attached hydrogens (tertiary/aromatic N) is 2. The number of hydrogen-bond acceptors (Lipinski definition) is 2. The van der Waals surface area contributed by atoms with Gasteiger partial charge in [-0.25, -0.2) is 0 Å². The Morgan fingerprint density at radius 2 is 2.08 bits per heavy atom. The van der Waals surface area contributed by atoms with E-state index in [1.807, 2.05) is 6.92 Å². The van der Waals surface area contributed by atoms with E-state index < -0.39 is 0 Å². The zero-order chi connectivity index (χ0) is 9.56. The molecule has 3 nitrogen and oxygen atoms in total. The minimum Gasteiger partial charge on any atom is -0.373 e. The second-order valence-corrected chi connectivity index (χ2v) is 3.31. The molecule has 0 heterocycles. The largest absolute Gasteiger partial charge is 0.373 e. The van der Waals surface area contributed by atoms with Crippen LogP contribution in [-0.4, -0.2) is 44.0 Å². The molecule has 0 fully saturated rings. The first-order valence-corrected chi connectivity index (χ1v) is 4.45. The Hall–Kier alpha value is -0.570. The first-order chi connectivity index (χ1) is 5.57. The molecule has 0 rings (SSSR count). The maximum Gasteiger partial charge on any atom is 0.0928 e. The molecule has 0 saturated heterocycles. The fourth-order valence-corrected chi connectivity index (χ4v) is 0.750. The smallest absolute Gasteiger partial charge is 0.0928 e. The first-order valence-electron chi connectivity index (χ1n) is 4.45. The highest BCUT2D eigenvalue weighted by Gasteiger charge is 2.01. The molecule has 12 heavy (non-hydrogen) atoms. The number of rotatable bonds is 4. The summed E-state index contributed by atoms with van der Waals surface area (Å²) in [5, 5.41) is 3.23. The summed E-state index contributed by atoms with van der Waals surface area (Å²) in [7, 11) is 3.93. The molecule has 0 unspecified atom stereocenters. The van der Waals surface area contributed by atoms with Gasteiger partial charge in [0.15, 0.2) is 0 Å². The van der Waals surface area contributed by atoms with Gasteiger partial charge < -0.3 is 10.2 Å². The van der Waals surface area contributed by atoms with Gasteiger partial charge in [0.25, 0.3) is 0 Å². The van der Waals surface area contributed by atoms with Gasteiger partial charge in [0.1, 0.15) is 0 Å². The molecule has 0 aromatic carbocycles. The van der Waals surface area contributed by atoms with E-state index in [1.54, 1.807) is 7.05 Å². The third-order valence-corrected chi connectivity index (χ3v) is 2.06. The van der Waals surface area contributed by atoms with Gasteiger partial charge >= 0.3 is 0 Å². The van der Waals surface area contributed by atoms with Gasteiger partial charge in [0.05, 0.1) is 5.84 Å². The van der Waals surface area contributed by atoms with Crippen LogP contribution in [0.5, 0.6) is 0 Å². The van der Waals surface area contributed by atoms with Gasteiger partial charge in [0.2, 0.25) is 0 Å². The van der Waals surface area contributed by atoms with Crippen molar-refractivity contribution in [2.24, 2.45) is 4.99 Å². The molecule has 0 saturated carbocycles. The number of likely N-dealkylation sites (N-methyl/N-ethyl adjacent to an activating group) is 1. The first kappa shape index (κ1) is 11.4. The molecule has 0 spiro atoms. The normalized spacial score (nSPS) is 12.8. The predicted molar refractivity (Wildman–Crippen MR) is 54.8 cm³/mol. The lowest BCUT2D eigenvalue weighted by atomic mass is 10.3. The standard InChI is InChI=1S/C9H21N3/c1-8(2)12(5)7-6-11-9(3)10-4/h8H,6-7H2,1-5H3,(H,10,11). The van der Waals surface area contributed by atoms with Gasteiger partial charge in [0, 0.05) is 26.2 Å². The van der Waals surface area contributed by atoms with E-state index in [1.165, 1.54) is 0 Å². The van der Waals surface area contributed by atoms with Crippen LogP contribution in [-0.2, 0) is 0 Å². The molecule has 0 aromatic heterocycles. The maximum absolute atomic E-state index is 4.02. The zero-order valence-electron chi connectivity index (χ0n) is 8.89. The Labute approximate surface area is 75.9 Å². The van der Waals surface area contributed by atoms with Crippen LogP contribution in [0.25, 0.3) is 0 Å². The van der Waals surface area contributed by atoms with Crippen LogP contribution in [0, 0.1) is 0 Å². The zero-order valence-corrected chi connectivity index (χ0v) is 8.89. The number of hydrogen-bond donors (Lipinski definition) is 1. The van der Waals surface area contributed by atoms with Crippen molar-refractivity contribution in [1.29, 1.82) is 0 Å². The Morgan fingerprint density at radius 1 is 1.50 bits per heavy atom. The molecule has 3 heteroatoms. The van der Waals surface area contributed by atoms with Crippen LogP contribution in [0.1, 0.15) is 20.8 Å². The highest BCUT2D eigenvalue weighted by Crippen LogP contribution is 1.90. The summed E-state index contributed by atoms with van der Waals surface area (Å²) in [6.45, 7) is 8.40. The average Bonchev–Trinajstić information content (AvgIpc) is 2.03. The summed E-state index contributed by atoms with van der Waals surface area (Å²) in [4.78, 5) is 6.32. The number of nitrogens with one attached hydrogen (secondary N) is 1. The van der Waals surface area contributed by atoms with E-state index in [0.717, 1.165) is 18.9 Å². The van der Waals surface area contributed by atoms with E-state index in [2.05, 4.69) is 36.1 Å². The summed E-state index contributed by atoms with van der Waals surface area (Å²) in [6, 6.07) is 0.616. The van der Waals surface area contributed by atoms with Crippen molar-refractivity contribution in [3.63, 3.8) is 0 Å². The highest BCUT2D eigenvalue weighted by atomic mass is 15.1. The van der Waals surface area contributed by atoms with E-state index in [-0.39, 0.29) is 0 Å². The number of amidine groups is 1. The summed E-state index contributed by atoms with van der Waals surface area (Å²) in [5.41, 5.74) is 0. The molecule has 0 aliphatic rings. The summed E-state index contributed by atoms with van der Waals surface area (Å²) >= 11 is 0. The molecule has 0 aromatic rings. The van der Waals surface area contributed by atoms with Gasteiger partial charge in [-0.3, -0.25) is 4.99 Å². The van der Waals surface area contributed by atoms with E-state index >= 15 is 0 Å². The minimum atomic E-state index is 0.616. The number of aliphatic imine (C=N–C) groups is 1. The lowest BCUT2D eigenvalue weighted by Crippen LogP contribution is -2.35. The van der Waals surface area contributed by atoms with E-state index in [0.29, 0.717) is 6.04 Å². The molecule has 0 aliphatic heterocycles. The SMILES string of the molecule is CN=C(C)NCCN(C)C(C)C. The van der Waals surface area contributed by atoms with Crippen LogP contribution in [0.4, 0.5) is 0 Å². The van der Waals surface area contributed by atoms with Gasteiger partial charge in [-0.2, -0.15) is 0 Å². The van der Waals surface area contributed by atoms with E-state index in [4.69, 9.17) is 0 Å². The van der Waals surface area contributed by atoms with Crippen molar-refractivity contribution < 1.29 is 0 Å². The molecule has 0 bridgehead atoms. The molecular weight excluding hydrogens is 150 g/mol. The van der Waals surface area contributed by atoms with Crippen LogP contribution in [0.3, 0.4) is 0 Å². The maximum atomic E-state index is 4.02. The monoisotopic (exact) mass is 171 g/mol. The van der Waals surface area contributed by atoms with E-state index in [9.17, 15) is 0 Å². The molecule has 0 atom stereocenters. The third kappa shape index (κ3) is 5.13. The molecule has 1 N–H and O–H groups in total. The Morgan fingerprint density at radius 3 is 2.50 bits per heavy atom. The van der Waals surface area contributed by atoms with Crippen LogP contribution >= 0.6 is 0 Å². The second kappa shape index (κ2) is 6.00. The average molecular weight is 171 g/mol. The second-order valence-electron chi connectivity index (χ2n) is 3.31. The van der Waals surface area contributed by atoms with Crippen molar-refractivity contribution >= 4 is 5.84 Å². The lowest BCUT2D eigenvalue weighted by Gasteiger charge is -2.21. The molecule has 0 amide bonds. The lowest BCUT2D eigenvalue weighted by molar-refractivity contribution is 0.278. The highest BCUT2D eigenvalue weighted by molar-refractivity contribution is 5.79. The van der Waals surface area contributed by atoms with Gasteiger partial charge in [-0.15, -0.1) is 0 Å². The minimum absolute atomic E-state index is 0.616. The summed E-state index contributed by atoms with van der Waals surface area (Å²) < 4.78 is 0. The Balaban J connectivity index is 3.43. The quantitative estimate of drug-likeness (QED) is 0.504. The van der Waals surface area contributed by atoms with Crippen LogP contribution in [0.2, 0.25) is 0 Å². The Bertz CT molecular complexity index is 141. The van der Waals surface area contributed by atoms with Crippen molar-refractivity contribution in [3.8, 4) is 0 Å². The molecule has 72 valence electrons. The van der Waals surface area contributed by atoms with Crippen molar-refractivity contribution in [2.75, 3.05) is 27.2 Å². The summed E-state index contributed by atoms with van der Waals surface area (Å²) in [6.07, 6.45) is 0. The molecule has 0 radical (unpaired) electrons.